The van der Waals surface area contributed by atoms with Crippen molar-refractivity contribution < 1.29 is 9.53 Å². The van der Waals surface area contributed by atoms with Gasteiger partial charge in [0.05, 0.1) is 0 Å². The maximum Gasteiger partial charge on any atom is 0.253 e. The van der Waals surface area contributed by atoms with Gasteiger partial charge in [-0.3, -0.25) is 10.1 Å². The molecule has 0 spiro atoms. The molecule has 4 nitrogen and oxygen atoms in total. The van der Waals surface area contributed by atoms with Gasteiger partial charge in [0.1, 0.15) is 18.0 Å². The molecule has 3 rings (SSSR count). The van der Waals surface area contributed by atoms with E-state index < -0.39 is 0 Å². The van der Waals surface area contributed by atoms with Crippen LogP contribution in [0, 0.1) is 0 Å². The van der Waals surface area contributed by atoms with Crippen molar-refractivity contribution in [3.8, 4) is 5.75 Å². The first-order valence-corrected chi connectivity index (χ1v) is 11.4. The number of hydrogen-bond donors (Lipinski definition) is 2. The Morgan fingerprint density at radius 2 is 1.97 bits per heavy atom. The molecule has 2 aromatic carbocycles. The average molecular weight is 441 g/mol. The molecule has 0 saturated heterocycles. The SMILES string of the molecule is CC.CCC/C=C(\C=C/C(C)Oc1ccccc1)C1NCc2ccc(Cl)cc2C(=O)N1. The minimum absolute atomic E-state index is 0.0973. The van der Waals surface area contributed by atoms with Crippen LogP contribution in [-0.4, -0.2) is 18.2 Å². The minimum atomic E-state index is -0.277. The predicted molar refractivity (Wildman–Crippen MR) is 130 cm³/mol. The van der Waals surface area contributed by atoms with Crippen molar-refractivity contribution in [3.05, 3.63) is 88.5 Å². The zero-order valence-electron chi connectivity index (χ0n) is 18.8. The van der Waals surface area contributed by atoms with Crippen LogP contribution in [0.3, 0.4) is 0 Å². The molecule has 2 atom stereocenters. The average Bonchev–Trinajstić information content (AvgIpc) is 2.95. The fraction of sp³-hybridized carbons (Fsp3) is 0.346. The summed E-state index contributed by atoms with van der Waals surface area (Å²) in [7, 11) is 0. The first kappa shape index (κ1) is 24.7. The number of benzene rings is 2. The number of carbonyl (C=O) groups is 1. The number of amides is 1. The molecule has 2 aromatic rings. The number of hydrogen-bond acceptors (Lipinski definition) is 3. The monoisotopic (exact) mass is 440 g/mol. The number of carbonyl (C=O) groups excluding carboxylic acids is 1. The second-order valence-electron chi connectivity index (χ2n) is 7.08. The molecular formula is C26H33ClN2O2. The van der Waals surface area contributed by atoms with E-state index in [1.807, 2.05) is 75.4 Å². The summed E-state index contributed by atoms with van der Waals surface area (Å²) in [6.45, 7) is 8.72. The Balaban J connectivity index is 0.00000166. The lowest BCUT2D eigenvalue weighted by atomic mass is 10.1. The molecule has 0 fully saturated rings. The van der Waals surface area contributed by atoms with E-state index in [4.69, 9.17) is 16.3 Å². The number of unbranched alkanes of at least 4 members (excludes halogenated alkanes) is 1. The van der Waals surface area contributed by atoms with Crippen LogP contribution in [-0.2, 0) is 6.54 Å². The van der Waals surface area contributed by atoms with Gasteiger partial charge in [0.15, 0.2) is 0 Å². The lowest BCUT2D eigenvalue weighted by Gasteiger charge is -2.19. The molecule has 0 aliphatic carbocycles. The van der Waals surface area contributed by atoms with E-state index in [1.54, 1.807) is 6.07 Å². The van der Waals surface area contributed by atoms with Crippen LogP contribution < -0.4 is 15.4 Å². The standard InChI is InChI=1S/C24H27ClN2O2.C2H6/c1-3-4-8-18(12-11-17(2)29-21-9-6-5-7-10-21)23-26-16-19-13-14-20(25)15-22(19)24(28)27-23;1-2/h5-15,17,23,26H,3-4,16H2,1-2H3,(H,27,28);1-2H3/b12-11-,18-8+;. The van der Waals surface area contributed by atoms with Crippen molar-refractivity contribution in [2.24, 2.45) is 0 Å². The maximum atomic E-state index is 12.7. The third-order valence-electron chi connectivity index (χ3n) is 4.72. The topological polar surface area (TPSA) is 50.4 Å². The van der Waals surface area contributed by atoms with Crippen molar-refractivity contribution in [1.29, 1.82) is 0 Å². The summed E-state index contributed by atoms with van der Waals surface area (Å²) in [5, 5.41) is 7.07. The van der Waals surface area contributed by atoms with Crippen LogP contribution in [0.4, 0.5) is 0 Å². The van der Waals surface area contributed by atoms with Crippen molar-refractivity contribution >= 4 is 17.5 Å². The molecule has 0 aromatic heterocycles. The molecule has 2 unspecified atom stereocenters. The van der Waals surface area contributed by atoms with Gasteiger partial charge in [-0.2, -0.15) is 0 Å². The number of para-hydroxylation sites is 1. The Morgan fingerprint density at radius 1 is 1.23 bits per heavy atom. The Kier molecular flexibility index (Phi) is 10.3. The molecule has 2 N–H and O–H groups in total. The van der Waals surface area contributed by atoms with E-state index in [1.165, 1.54) is 0 Å². The summed E-state index contributed by atoms with van der Waals surface area (Å²) in [5.41, 5.74) is 2.57. The Labute approximate surface area is 191 Å². The Bertz CT molecular complexity index is 894. The van der Waals surface area contributed by atoms with Gasteiger partial charge in [-0.25, -0.2) is 0 Å². The second kappa shape index (κ2) is 13.0. The first-order valence-electron chi connectivity index (χ1n) is 11.0. The summed E-state index contributed by atoms with van der Waals surface area (Å²) in [6, 6.07) is 15.2. The van der Waals surface area contributed by atoms with Gasteiger partial charge in [0.2, 0.25) is 0 Å². The molecular weight excluding hydrogens is 408 g/mol. The number of ether oxygens (including phenoxy) is 1. The van der Waals surface area contributed by atoms with E-state index in [2.05, 4.69) is 23.6 Å². The largest absolute Gasteiger partial charge is 0.487 e. The molecule has 1 amide bonds. The molecule has 0 saturated carbocycles. The van der Waals surface area contributed by atoms with E-state index in [0.29, 0.717) is 17.1 Å². The quantitative estimate of drug-likeness (QED) is 0.498. The Morgan fingerprint density at radius 3 is 2.68 bits per heavy atom. The highest BCUT2D eigenvalue weighted by Gasteiger charge is 2.23. The zero-order valence-corrected chi connectivity index (χ0v) is 19.6. The third kappa shape index (κ3) is 7.57. The van der Waals surface area contributed by atoms with Gasteiger partial charge in [-0.15, -0.1) is 0 Å². The van der Waals surface area contributed by atoms with Crippen LogP contribution >= 0.6 is 11.6 Å². The lowest BCUT2D eigenvalue weighted by Crippen LogP contribution is -2.43. The number of fused-ring (bicyclic) bond motifs is 1. The summed E-state index contributed by atoms with van der Waals surface area (Å²) in [6.07, 6.45) is 7.79. The number of nitrogens with one attached hydrogen (secondary N) is 2. The fourth-order valence-electron chi connectivity index (χ4n) is 3.18. The van der Waals surface area contributed by atoms with Crippen molar-refractivity contribution in [1.82, 2.24) is 10.6 Å². The third-order valence-corrected chi connectivity index (χ3v) is 4.95. The van der Waals surface area contributed by atoms with Gasteiger partial charge < -0.3 is 10.1 Å². The van der Waals surface area contributed by atoms with Crippen LogP contribution in [0.15, 0.2) is 72.3 Å². The minimum Gasteiger partial charge on any atom is -0.487 e. The van der Waals surface area contributed by atoms with Gasteiger partial charge in [0, 0.05) is 17.1 Å². The highest BCUT2D eigenvalue weighted by atomic mass is 35.5. The van der Waals surface area contributed by atoms with Gasteiger partial charge >= 0.3 is 0 Å². The van der Waals surface area contributed by atoms with E-state index in [0.717, 1.165) is 29.7 Å². The highest BCUT2D eigenvalue weighted by molar-refractivity contribution is 6.31. The van der Waals surface area contributed by atoms with Crippen LogP contribution in [0.25, 0.3) is 0 Å². The lowest BCUT2D eigenvalue weighted by molar-refractivity contribution is 0.0942. The van der Waals surface area contributed by atoms with Gasteiger partial charge in [-0.05, 0) is 54.8 Å². The predicted octanol–water partition coefficient (Wildman–Crippen LogP) is 6.28. The van der Waals surface area contributed by atoms with Crippen molar-refractivity contribution in [3.63, 3.8) is 0 Å². The maximum absolute atomic E-state index is 12.7. The van der Waals surface area contributed by atoms with Crippen molar-refractivity contribution in [2.75, 3.05) is 0 Å². The first-order chi connectivity index (χ1) is 15.1. The molecule has 0 bridgehead atoms. The van der Waals surface area contributed by atoms with E-state index in [-0.39, 0.29) is 18.2 Å². The summed E-state index contributed by atoms with van der Waals surface area (Å²) < 4.78 is 5.93. The number of halogens is 1. The molecule has 166 valence electrons. The van der Waals surface area contributed by atoms with Crippen LogP contribution in [0.2, 0.25) is 5.02 Å². The zero-order chi connectivity index (χ0) is 22.6. The van der Waals surface area contributed by atoms with Crippen LogP contribution in [0.1, 0.15) is 56.5 Å². The van der Waals surface area contributed by atoms with E-state index >= 15 is 0 Å². The molecule has 1 aliphatic heterocycles. The molecule has 0 radical (unpaired) electrons. The molecule has 1 aliphatic rings. The molecule has 31 heavy (non-hydrogen) atoms. The Hall–Kier alpha value is -2.56. The van der Waals surface area contributed by atoms with Gasteiger partial charge in [0.25, 0.3) is 5.91 Å². The smallest absolute Gasteiger partial charge is 0.253 e. The summed E-state index contributed by atoms with van der Waals surface area (Å²) in [4.78, 5) is 12.7. The van der Waals surface area contributed by atoms with Crippen molar-refractivity contribution in [2.45, 2.75) is 59.4 Å². The number of rotatable bonds is 7. The van der Waals surface area contributed by atoms with Gasteiger partial charge in [-0.1, -0.05) is 75.2 Å². The second-order valence-corrected chi connectivity index (χ2v) is 7.51. The summed E-state index contributed by atoms with van der Waals surface area (Å²) in [5.74, 6) is 0.707. The number of allylic oxidation sites excluding steroid dienone is 1. The van der Waals surface area contributed by atoms with Crippen LogP contribution in [0.5, 0.6) is 5.75 Å². The normalized spacial score (nSPS) is 17.1. The fourth-order valence-corrected chi connectivity index (χ4v) is 3.35. The summed E-state index contributed by atoms with van der Waals surface area (Å²) >= 11 is 6.08. The molecule has 1 heterocycles. The van der Waals surface area contributed by atoms with E-state index in [9.17, 15) is 4.79 Å². The molecule has 5 heteroatoms. The highest BCUT2D eigenvalue weighted by Crippen LogP contribution is 2.20.